The average molecular weight is 303 g/mol. The third-order valence-electron chi connectivity index (χ3n) is 2.82. The summed E-state index contributed by atoms with van der Waals surface area (Å²) < 4.78 is 1.10. The zero-order chi connectivity index (χ0) is 14.1. The molecule has 0 spiro atoms. The third-order valence-corrected chi connectivity index (χ3v) is 3.99. The maximum Gasteiger partial charge on any atom is 0.124 e. The molecule has 3 rings (SSSR count). The van der Waals surface area contributed by atoms with Crippen LogP contribution in [0.2, 0.25) is 5.02 Å². The summed E-state index contributed by atoms with van der Waals surface area (Å²) in [5.41, 5.74) is 2.40. The number of nitrogens with zero attached hydrogens (tertiary/aromatic N) is 2. The highest BCUT2D eigenvalue weighted by Crippen LogP contribution is 2.26. The molecule has 100 valence electrons. The van der Waals surface area contributed by atoms with E-state index < -0.39 is 0 Å². The molecular formula is C15H11ClN2OS. The largest absolute Gasteiger partial charge is 0.507 e. The lowest BCUT2D eigenvalue weighted by atomic mass is 10.2. The van der Waals surface area contributed by atoms with Crippen molar-refractivity contribution in [1.29, 1.82) is 0 Å². The number of aromatic hydroxyl groups is 1. The number of fused-ring (bicyclic) bond motifs is 1. The van der Waals surface area contributed by atoms with Gasteiger partial charge in [-0.25, -0.2) is 4.98 Å². The van der Waals surface area contributed by atoms with E-state index in [2.05, 4.69) is 9.98 Å². The molecule has 0 saturated heterocycles. The van der Waals surface area contributed by atoms with E-state index in [-0.39, 0.29) is 5.75 Å². The third kappa shape index (κ3) is 2.66. The number of hydrogen-bond acceptors (Lipinski definition) is 4. The molecule has 2 aromatic carbocycles. The Morgan fingerprint density at radius 3 is 2.95 bits per heavy atom. The number of benzene rings is 2. The first-order valence-electron chi connectivity index (χ1n) is 6.01. The summed E-state index contributed by atoms with van der Waals surface area (Å²) in [6.45, 7) is 1.98. The van der Waals surface area contributed by atoms with Crippen LogP contribution in [-0.4, -0.2) is 16.3 Å². The molecule has 1 heterocycles. The summed E-state index contributed by atoms with van der Waals surface area (Å²) in [5.74, 6) is 0.160. The molecule has 0 saturated carbocycles. The highest BCUT2D eigenvalue weighted by atomic mass is 35.5. The molecule has 5 heteroatoms. The van der Waals surface area contributed by atoms with Gasteiger partial charge in [0, 0.05) is 16.8 Å². The number of rotatable bonds is 2. The smallest absolute Gasteiger partial charge is 0.124 e. The zero-order valence-electron chi connectivity index (χ0n) is 10.7. The predicted molar refractivity (Wildman–Crippen MR) is 84.7 cm³/mol. The van der Waals surface area contributed by atoms with Gasteiger partial charge < -0.3 is 5.11 Å². The van der Waals surface area contributed by atoms with Crippen LogP contribution < -0.4 is 0 Å². The van der Waals surface area contributed by atoms with E-state index in [0.717, 1.165) is 20.9 Å². The fraction of sp³-hybridized carbons (Fsp3) is 0.0667. The van der Waals surface area contributed by atoms with Crippen LogP contribution in [0.4, 0.5) is 5.69 Å². The molecular weight excluding hydrogens is 292 g/mol. The van der Waals surface area contributed by atoms with Crippen LogP contribution in [0.1, 0.15) is 10.6 Å². The van der Waals surface area contributed by atoms with Crippen molar-refractivity contribution >= 4 is 45.1 Å². The first-order valence-corrected chi connectivity index (χ1v) is 7.21. The molecule has 3 aromatic rings. The number of aromatic nitrogens is 1. The van der Waals surface area contributed by atoms with Gasteiger partial charge in [0.1, 0.15) is 5.75 Å². The van der Waals surface area contributed by atoms with Gasteiger partial charge in [0.25, 0.3) is 0 Å². The van der Waals surface area contributed by atoms with Crippen LogP contribution in [0.15, 0.2) is 41.4 Å². The number of aliphatic imine (C=N–C) groups is 1. The zero-order valence-corrected chi connectivity index (χ0v) is 12.2. The lowest BCUT2D eigenvalue weighted by molar-refractivity contribution is 0.474. The number of halogens is 1. The Balaban J connectivity index is 1.95. The van der Waals surface area contributed by atoms with Crippen LogP contribution in [0.25, 0.3) is 10.2 Å². The summed E-state index contributed by atoms with van der Waals surface area (Å²) >= 11 is 7.54. The minimum atomic E-state index is 0.160. The molecule has 0 amide bonds. The first-order chi connectivity index (χ1) is 9.61. The Morgan fingerprint density at radius 1 is 1.25 bits per heavy atom. The van der Waals surface area contributed by atoms with Crippen LogP contribution >= 0.6 is 22.9 Å². The molecule has 0 unspecified atom stereocenters. The predicted octanol–water partition coefficient (Wildman–Crippen LogP) is 4.71. The van der Waals surface area contributed by atoms with Gasteiger partial charge in [-0.1, -0.05) is 11.6 Å². The Bertz CT molecular complexity index is 811. The average Bonchev–Trinajstić information content (AvgIpc) is 2.79. The maximum absolute atomic E-state index is 9.73. The highest BCUT2D eigenvalue weighted by Gasteiger charge is 2.02. The summed E-state index contributed by atoms with van der Waals surface area (Å²) in [6, 6.07) is 10.7. The molecule has 0 aliphatic carbocycles. The van der Waals surface area contributed by atoms with Gasteiger partial charge in [0.05, 0.1) is 20.9 Å². The Labute approximate surface area is 125 Å². The lowest BCUT2D eigenvalue weighted by Crippen LogP contribution is -1.82. The monoisotopic (exact) mass is 302 g/mol. The summed E-state index contributed by atoms with van der Waals surface area (Å²) in [5, 5.41) is 11.3. The molecule has 0 aliphatic rings. The molecule has 20 heavy (non-hydrogen) atoms. The molecule has 1 N–H and O–H groups in total. The maximum atomic E-state index is 9.73. The molecule has 1 aromatic heterocycles. The van der Waals surface area contributed by atoms with E-state index in [4.69, 9.17) is 11.6 Å². The van der Waals surface area contributed by atoms with Crippen molar-refractivity contribution < 1.29 is 5.11 Å². The lowest BCUT2D eigenvalue weighted by Gasteiger charge is -1.99. The second-order valence-electron chi connectivity index (χ2n) is 4.35. The molecule has 0 atom stereocenters. The van der Waals surface area contributed by atoms with Gasteiger partial charge >= 0.3 is 0 Å². The van der Waals surface area contributed by atoms with E-state index in [1.807, 2.05) is 25.1 Å². The molecule has 0 fully saturated rings. The van der Waals surface area contributed by atoms with Crippen molar-refractivity contribution in [3.05, 3.63) is 52.0 Å². The fourth-order valence-electron chi connectivity index (χ4n) is 1.88. The number of phenols is 1. The SMILES string of the molecule is Cc1nc2ccc(N=Cc3cc(Cl)ccc3O)cc2s1. The number of hydrogen-bond donors (Lipinski definition) is 1. The number of thiazole rings is 1. The second kappa shape index (κ2) is 5.23. The van der Waals surface area contributed by atoms with Crippen LogP contribution in [0, 0.1) is 6.92 Å². The molecule has 0 aliphatic heterocycles. The van der Waals surface area contributed by atoms with Crippen LogP contribution in [0.5, 0.6) is 5.75 Å². The highest BCUT2D eigenvalue weighted by molar-refractivity contribution is 7.18. The standard InChI is InChI=1S/C15H11ClN2OS/c1-9-18-13-4-3-12(7-15(13)20-9)17-8-10-6-11(16)2-5-14(10)19/h2-8,19H,1H3. The van der Waals surface area contributed by atoms with Gasteiger partial charge in [-0.2, -0.15) is 0 Å². The van der Waals surface area contributed by atoms with Crippen molar-refractivity contribution in [2.75, 3.05) is 0 Å². The van der Waals surface area contributed by atoms with Gasteiger partial charge in [-0.15, -0.1) is 11.3 Å². The summed E-state index contributed by atoms with van der Waals surface area (Å²) in [6.07, 6.45) is 1.61. The Morgan fingerprint density at radius 2 is 2.10 bits per heavy atom. The van der Waals surface area contributed by atoms with Crippen LogP contribution in [0.3, 0.4) is 0 Å². The first kappa shape index (κ1) is 13.1. The van der Waals surface area contributed by atoms with E-state index in [9.17, 15) is 5.11 Å². The van der Waals surface area contributed by atoms with Crippen molar-refractivity contribution in [3.8, 4) is 5.75 Å². The van der Waals surface area contributed by atoms with Crippen molar-refractivity contribution in [2.24, 2.45) is 4.99 Å². The fourth-order valence-corrected chi connectivity index (χ4v) is 2.92. The van der Waals surface area contributed by atoms with E-state index in [0.29, 0.717) is 10.6 Å². The van der Waals surface area contributed by atoms with E-state index in [1.165, 1.54) is 0 Å². The topological polar surface area (TPSA) is 45.5 Å². The second-order valence-corrected chi connectivity index (χ2v) is 6.02. The van der Waals surface area contributed by atoms with Crippen molar-refractivity contribution in [1.82, 2.24) is 4.98 Å². The van der Waals surface area contributed by atoms with Crippen molar-refractivity contribution in [3.63, 3.8) is 0 Å². The normalized spacial score (nSPS) is 11.5. The van der Waals surface area contributed by atoms with Gasteiger partial charge in [-0.05, 0) is 43.3 Å². The van der Waals surface area contributed by atoms with Crippen LogP contribution in [-0.2, 0) is 0 Å². The van der Waals surface area contributed by atoms with Gasteiger partial charge in [0.2, 0.25) is 0 Å². The quantitative estimate of drug-likeness (QED) is 0.696. The number of aryl methyl sites for hydroxylation is 1. The Kier molecular flexibility index (Phi) is 3.42. The molecule has 3 nitrogen and oxygen atoms in total. The van der Waals surface area contributed by atoms with E-state index in [1.54, 1.807) is 35.8 Å². The number of phenolic OH excluding ortho intramolecular Hbond substituents is 1. The Hall–Kier alpha value is -1.91. The minimum Gasteiger partial charge on any atom is -0.507 e. The summed E-state index contributed by atoms with van der Waals surface area (Å²) in [4.78, 5) is 8.78. The van der Waals surface area contributed by atoms with Gasteiger partial charge in [0.15, 0.2) is 0 Å². The molecule has 0 radical (unpaired) electrons. The van der Waals surface area contributed by atoms with Crippen molar-refractivity contribution in [2.45, 2.75) is 6.92 Å². The molecule has 0 bridgehead atoms. The summed E-state index contributed by atoms with van der Waals surface area (Å²) in [7, 11) is 0. The minimum absolute atomic E-state index is 0.160. The van der Waals surface area contributed by atoms with E-state index >= 15 is 0 Å². The van der Waals surface area contributed by atoms with Gasteiger partial charge in [-0.3, -0.25) is 4.99 Å².